The minimum atomic E-state index is -1.29. The molecule has 0 aliphatic rings. The Morgan fingerprint density at radius 3 is 2.27 bits per heavy atom. The monoisotopic (exact) mass is 482 g/mol. The van der Waals surface area contributed by atoms with Gasteiger partial charge in [0, 0.05) is 18.7 Å². The number of carbonyl (C=O) groups is 6. The van der Waals surface area contributed by atoms with Gasteiger partial charge in [0.1, 0.15) is 18.6 Å². The van der Waals surface area contributed by atoms with Crippen LogP contribution < -0.4 is 21.7 Å². The van der Waals surface area contributed by atoms with E-state index >= 15 is 0 Å². The number of ketones is 1. The van der Waals surface area contributed by atoms with E-state index < -0.39 is 54.1 Å². The van der Waals surface area contributed by atoms with Crippen LogP contribution in [0.1, 0.15) is 18.4 Å². The van der Waals surface area contributed by atoms with E-state index in [1.54, 1.807) is 24.3 Å². The van der Waals surface area contributed by atoms with Crippen LogP contribution in [0.15, 0.2) is 30.3 Å². The lowest BCUT2D eigenvalue weighted by molar-refractivity contribution is -0.139. The fourth-order valence-corrected chi connectivity index (χ4v) is 3.26. The Bertz CT molecular complexity index is 865. The van der Waals surface area contributed by atoms with E-state index in [0.29, 0.717) is 0 Å². The molecule has 13 heteroatoms. The second-order valence-corrected chi connectivity index (χ2v) is 7.85. The molecule has 1 rings (SSSR count). The Labute approximate surface area is 193 Å². The van der Waals surface area contributed by atoms with Gasteiger partial charge in [0.25, 0.3) is 5.91 Å². The zero-order valence-corrected chi connectivity index (χ0v) is 18.4. The van der Waals surface area contributed by atoms with Gasteiger partial charge in [-0.05, 0) is 12.0 Å². The number of Topliss-reactive ketones (excluding diaryl/α,β-unsaturated/α-hetero) is 1. The van der Waals surface area contributed by atoms with E-state index in [4.69, 9.17) is 15.9 Å². The molecule has 2 unspecified atom stereocenters. The van der Waals surface area contributed by atoms with Crippen LogP contribution in [0, 0.1) is 0 Å². The van der Waals surface area contributed by atoms with E-state index in [1.807, 2.05) is 6.07 Å². The summed E-state index contributed by atoms with van der Waals surface area (Å²) in [6, 6.07) is 6.50. The zero-order valence-electron chi connectivity index (χ0n) is 17.6. The number of carbonyl (C=O) groups excluding carboxylic acids is 4. The fourth-order valence-electron chi connectivity index (χ4n) is 2.36. The van der Waals surface area contributed by atoms with Crippen molar-refractivity contribution in [1.29, 1.82) is 0 Å². The molecule has 12 nitrogen and oxygen atoms in total. The number of nitrogens with one attached hydrogen (secondary N) is 3. The highest BCUT2D eigenvalue weighted by Crippen LogP contribution is 2.06. The molecule has 0 heterocycles. The van der Waals surface area contributed by atoms with Crippen molar-refractivity contribution >= 4 is 47.2 Å². The molecule has 0 saturated carbocycles. The second-order valence-electron chi connectivity index (χ2n) is 6.82. The number of amides is 3. The molecular weight excluding hydrogens is 456 g/mol. The van der Waals surface area contributed by atoms with E-state index in [-0.39, 0.29) is 30.9 Å². The molecule has 180 valence electrons. The Kier molecular flexibility index (Phi) is 12.2. The SMILES string of the molecule is NC(CCC(=O)NC(CSCC(=O)C(=O)NCc1ccccc1)C(=O)NCC(=O)O)C(=O)O. The summed E-state index contributed by atoms with van der Waals surface area (Å²) in [6.45, 7) is -0.509. The average Bonchev–Trinajstić information content (AvgIpc) is 2.78. The Hall–Kier alpha value is -3.45. The third-order valence-electron chi connectivity index (χ3n) is 4.13. The Balaban J connectivity index is 2.55. The summed E-state index contributed by atoms with van der Waals surface area (Å²) >= 11 is 0.901. The lowest BCUT2D eigenvalue weighted by Gasteiger charge is -2.18. The normalized spacial score (nSPS) is 12.2. The molecule has 0 radical (unpaired) electrons. The summed E-state index contributed by atoms with van der Waals surface area (Å²) < 4.78 is 0. The largest absolute Gasteiger partial charge is 0.480 e. The van der Waals surface area contributed by atoms with Crippen molar-refractivity contribution in [3.63, 3.8) is 0 Å². The van der Waals surface area contributed by atoms with Crippen molar-refractivity contribution in [3.05, 3.63) is 35.9 Å². The van der Waals surface area contributed by atoms with Crippen molar-refractivity contribution in [1.82, 2.24) is 16.0 Å². The average molecular weight is 483 g/mol. The smallest absolute Gasteiger partial charge is 0.322 e. The van der Waals surface area contributed by atoms with Crippen molar-refractivity contribution in [2.45, 2.75) is 31.5 Å². The first-order valence-electron chi connectivity index (χ1n) is 9.80. The van der Waals surface area contributed by atoms with E-state index in [0.717, 1.165) is 17.3 Å². The van der Waals surface area contributed by atoms with E-state index in [2.05, 4.69) is 16.0 Å². The highest BCUT2D eigenvalue weighted by molar-refractivity contribution is 8.00. The molecule has 0 aromatic heterocycles. The highest BCUT2D eigenvalue weighted by Gasteiger charge is 2.23. The Morgan fingerprint density at radius 1 is 1.00 bits per heavy atom. The number of hydrogen-bond donors (Lipinski definition) is 6. The number of benzene rings is 1. The van der Waals surface area contributed by atoms with Crippen LogP contribution in [0.2, 0.25) is 0 Å². The summed E-state index contributed by atoms with van der Waals surface area (Å²) in [5.74, 6) is -5.99. The quantitative estimate of drug-likeness (QED) is 0.159. The van der Waals surface area contributed by atoms with Crippen molar-refractivity contribution < 1.29 is 39.0 Å². The summed E-state index contributed by atoms with van der Waals surface area (Å²) in [4.78, 5) is 69.6. The predicted octanol–water partition coefficient (Wildman–Crippen LogP) is -1.52. The number of carboxylic acid groups (broad SMARTS) is 2. The Morgan fingerprint density at radius 2 is 1.67 bits per heavy atom. The van der Waals surface area contributed by atoms with Gasteiger partial charge < -0.3 is 31.9 Å². The van der Waals surface area contributed by atoms with Gasteiger partial charge in [0.2, 0.25) is 17.6 Å². The lowest BCUT2D eigenvalue weighted by atomic mass is 10.1. The number of aliphatic carboxylic acids is 2. The summed E-state index contributed by atoms with van der Waals surface area (Å²) in [7, 11) is 0. The molecule has 7 N–H and O–H groups in total. The first kappa shape index (κ1) is 27.6. The number of thioether (sulfide) groups is 1. The predicted molar refractivity (Wildman–Crippen MR) is 118 cm³/mol. The zero-order chi connectivity index (χ0) is 24.8. The molecule has 3 amide bonds. The highest BCUT2D eigenvalue weighted by atomic mass is 32.2. The molecule has 0 aliphatic carbocycles. The van der Waals surface area contributed by atoms with Gasteiger partial charge in [-0.25, -0.2) is 0 Å². The van der Waals surface area contributed by atoms with E-state index in [9.17, 15) is 28.8 Å². The maximum atomic E-state index is 12.2. The second kappa shape index (κ2) is 14.6. The van der Waals surface area contributed by atoms with Gasteiger partial charge in [-0.15, -0.1) is 0 Å². The van der Waals surface area contributed by atoms with Crippen LogP contribution in [-0.4, -0.2) is 75.8 Å². The van der Waals surface area contributed by atoms with Crippen molar-refractivity contribution in [2.24, 2.45) is 5.73 Å². The van der Waals surface area contributed by atoms with Crippen LogP contribution in [0.3, 0.4) is 0 Å². The molecule has 0 saturated heterocycles. The molecule has 1 aromatic rings. The van der Waals surface area contributed by atoms with Crippen molar-refractivity contribution in [2.75, 3.05) is 18.1 Å². The lowest BCUT2D eigenvalue weighted by Crippen LogP contribution is -2.49. The topological polar surface area (TPSA) is 205 Å². The number of nitrogens with two attached hydrogens (primary N) is 1. The molecule has 0 fully saturated rings. The first-order valence-corrected chi connectivity index (χ1v) is 11.0. The van der Waals surface area contributed by atoms with Crippen molar-refractivity contribution in [3.8, 4) is 0 Å². The molecule has 0 aliphatic heterocycles. The van der Waals surface area contributed by atoms with Crippen LogP contribution in [0.5, 0.6) is 0 Å². The van der Waals surface area contributed by atoms with Crippen LogP contribution in [0.4, 0.5) is 0 Å². The minimum Gasteiger partial charge on any atom is -0.480 e. The summed E-state index contributed by atoms with van der Waals surface area (Å²) in [5, 5.41) is 24.4. The standard InChI is InChI=1S/C20H26N4O8S/c21-13(20(31)32)6-7-16(26)24-14(18(29)23-9-17(27)28)10-33-11-15(25)19(30)22-8-12-4-2-1-3-5-12/h1-5,13-14H,6-11,21H2,(H,22,30)(H,23,29)(H,24,26)(H,27,28)(H,31,32). The molecule has 33 heavy (non-hydrogen) atoms. The third kappa shape index (κ3) is 11.7. The fraction of sp³-hybridized carbons (Fsp3) is 0.400. The summed E-state index contributed by atoms with van der Waals surface area (Å²) in [6.07, 6.45) is -0.445. The van der Waals surface area contributed by atoms with E-state index in [1.165, 1.54) is 0 Å². The number of carboxylic acids is 2. The molecular formula is C20H26N4O8S. The van der Waals surface area contributed by atoms with Gasteiger partial charge in [-0.2, -0.15) is 11.8 Å². The molecule has 1 aromatic carbocycles. The van der Waals surface area contributed by atoms with Crippen LogP contribution >= 0.6 is 11.8 Å². The van der Waals surface area contributed by atoms with Gasteiger partial charge >= 0.3 is 11.9 Å². The maximum Gasteiger partial charge on any atom is 0.322 e. The van der Waals surface area contributed by atoms with Gasteiger partial charge in [-0.3, -0.25) is 28.8 Å². The van der Waals surface area contributed by atoms with Crippen LogP contribution in [0.25, 0.3) is 0 Å². The molecule has 0 spiro atoms. The van der Waals surface area contributed by atoms with Gasteiger partial charge in [-0.1, -0.05) is 30.3 Å². The minimum absolute atomic E-state index is 0.125. The van der Waals surface area contributed by atoms with Crippen LogP contribution in [-0.2, 0) is 35.3 Å². The first-order chi connectivity index (χ1) is 15.6. The number of rotatable bonds is 15. The third-order valence-corrected chi connectivity index (χ3v) is 5.17. The summed E-state index contributed by atoms with van der Waals surface area (Å²) in [5.41, 5.74) is 6.15. The van der Waals surface area contributed by atoms with Gasteiger partial charge in [0.15, 0.2) is 0 Å². The number of hydrogen-bond acceptors (Lipinski definition) is 8. The van der Waals surface area contributed by atoms with Gasteiger partial charge in [0.05, 0.1) is 5.75 Å². The molecule has 0 bridgehead atoms. The molecule has 2 atom stereocenters. The maximum absolute atomic E-state index is 12.2.